The molecule has 122 valence electrons. The third kappa shape index (κ3) is 4.00. The van der Waals surface area contributed by atoms with Crippen LogP contribution in [-0.2, 0) is 4.79 Å². The summed E-state index contributed by atoms with van der Waals surface area (Å²) < 4.78 is 0. The molecule has 0 unspecified atom stereocenters. The van der Waals surface area contributed by atoms with Crippen molar-refractivity contribution < 1.29 is 4.79 Å². The summed E-state index contributed by atoms with van der Waals surface area (Å²) in [6.07, 6.45) is 6.36. The van der Waals surface area contributed by atoms with E-state index in [1.54, 1.807) is 0 Å². The van der Waals surface area contributed by atoms with Crippen LogP contribution in [0, 0.1) is 0 Å². The van der Waals surface area contributed by atoms with E-state index in [9.17, 15) is 4.79 Å². The molecule has 22 heavy (non-hydrogen) atoms. The van der Waals surface area contributed by atoms with Gasteiger partial charge in [-0.1, -0.05) is 37.5 Å². The third-order valence-corrected chi connectivity index (χ3v) is 4.86. The van der Waals surface area contributed by atoms with Gasteiger partial charge in [-0.15, -0.1) is 12.4 Å². The van der Waals surface area contributed by atoms with Crippen molar-refractivity contribution in [2.75, 3.05) is 31.5 Å². The quantitative estimate of drug-likeness (QED) is 0.899. The molecule has 0 radical (unpaired) electrons. The lowest BCUT2D eigenvalue weighted by Gasteiger charge is -2.49. The first-order chi connectivity index (χ1) is 10.3. The Kier molecular flexibility index (Phi) is 6.24. The van der Waals surface area contributed by atoms with Crippen molar-refractivity contribution in [1.82, 2.24) is 10.2 Å². The number of hydrogen-bond donors (Lipinski definition) is 2. The zero-order valence-corrected chi connectivity index (χ0v) is 13.8. The Balaban J connectivity index is 0.00000176. The van der Waals surface area contributed by atoms with E-state index in [2.05, 4.69) is 15.5 Å². The third-order valence-electron chi connectivity index (χ3n) is 4.86. The van der Waals surface area contributed by atoms with Gasteiger partial charge in [-0.05, 0) is 25.0 Å². The number of carbonyl (C=O) groups is 1. The fourth-order valence-corrected chi connectivity index (χ4v) is 3.73. The van der Waals surface area contributed by atoms with E-state index in [4.69, 9.17) is 0 Å². The number of halogens is 1. The van der Waals surface area contributed by atoms with Crippen LogP contribution in [0.1, 0.15) is 32.1 Å². The van der Waals surface area contributed by atoms with Crippen LogP contribution in [0.25, 0.3) is 0 Å². The van der Waals surface area contributed by atoms with Gasteiger partial charge in [0.1, 0.15) is 0 Å². The van der Waals surface area contributed by atoms with E-state index < -0.39 is 0 Å². The highest BCUT2D eigenvalue weighted by Crippen LogP contribution is 2.34. The maximum atomic E-state index is 12.3. The number of nitrogens with zero attached hydrogens (tertiary/aromatic N) is 1. The zero-order valence-electron chi connectivity index (χ0n) is 13.0. The van der Waals surface area contributed by atoms with Gasteiger partial charge in [-0.3, -0.25) is 9.69 Å². The molecule has 2 aliphatic rings. The second-order valence-corrected chi connectivity index (χ2v) is 6.30. The number of nitrogens with one attached hydrogen (secondary N) is 2. The molecule has 2 N–H and O–H groups in total. The predicted octanol–water partition coefficient (Wildman–Crippen LogP) is 2.66. The first-order valence-electron chi connectivity index (χ1n) is 8.09. The smallest absolute Gasteiger partial charge is 0.238 e. The molecule has 1 heterocycles. The van der Waals surface area contributed by atoms with Crippen molar-refractivity contribution in [3.8, 4) is 0 Å². The molecular weight excluding hydrogens is 298 g/mol. The van der Waals surface area contributed by atoms with Crippen LogP contribution >= 0.6 is 12.4 Å². The number of hydrogen-bond acceptors (Lipinski definition) is 3. The minimum absolute atomic E-state index is 0. The summed E-state index contributed by atoms with van der Waals surface area (Å²) in [7, 11) is 0. The molecule has 1 spiro atoms. The summed E-state index contributed by atoms with van der Waals surface area (Å²) >= 11 is 0. The van der Waals surface area contributed by atoms with Crippen LogP contribution in [0.3, 0.4) is 0 Å². The molecule has 1 saturated heterocycles. The fraction of sp³-hybridized carbons (Fsp3) is 0.588. The molecular formula is C17H26ClN3O. The minimum Gasteiger partial charge on any atom is -0.325 e. The van der Waals surface area contributed by atoms with Gasteiger partial charge in [0, 0.05) is 30.9 Å². The predicted molar refractivity (Wildman–Crippen MR) is 92.6 cm³/mol. The van der Waals surface area contributed by atoms with Gasteiger partial charge in [-0.25, -0.2) is 0 Å². The second-order valence-electron chi connectivity index (χ2n) is 6.30. The Hall–Kier alpha value is -1.10. The normalized spacial score (nSPS) is 21.1. The van der Waals surface area contributed by atoms with Crippen molar-refractivity contribution >= 4 is 24.0 Å². The van der Waals surface area contributed by atoms with Crippen molar-refractivity contribution in [3.63, 3.8) is 0 Å². The molecule has 1 amide bonds. The molecule has 4 nitrogen and oxygen atoms in total. The molecule has 0 bridgehead atoms. The number of amides is 1. The summed E-state index contributed by atoms with van der Waals surface area (Å²) in [4.78, 5) is 14.8. The summed E-state index contributed by atoms with van der Waals surface area (Å²) in [5.41, 5.74) is 1.10. The molecule has 0 aromatic heterocycles. The Morgan fingerprint density at radius 3 is 2.64 bits per heavy atom. The molecule has 3 rings (SSSR count). The molecule has 1 aliphatic heterocycles. The van der Waals surface area contributed by atoms with Crippen LogP contribution in [0.15, 0.2) is 30.3 Å². The van der Waals surface area contributed by atoms with E-state index in [1.165, 1.54) is 32.1 Å². The van der Waals surface area contributed by atoms with Crippen molar-refractivity contribution in [1.29, 1.82) is 0 Å². The maximum Gasteiger partial charge on any atom is 0.238 e. The van der Waals surface area contributed by atoms with E-state index in [0.29, 0.717) is 6.54 Å². The zero-order chi connectivity index (χ0) is 14.5. The largest absolute Gasteiger partial charge is 0.325 e. The van der Waals surface area contributed by atoms with Crippen LogP contribution in [0.5, 0.6) is 0 Å². The second kappa shape index (κ2) is 7.95. The fourth-order valence-electron chi connectivity index (χ4n) is 3.73. The summed E-state index contributed by atoms with van der Waals surface area (Å²) in [5.74, 6) is 0.105. The van der Waals surface area contributed by atoms with Crippen LogP contribution in [0.4, 0.5) is 5.69 Å². The highest BCUT2D eigenvalue weighted by atomic mass is 35.5. The van der Waals surface area contributed by atoms with Gasteiger partial charge in [0.15, 0.2) is 0 Å². The van der Waals surface area contributed by atoms with Gasteiger partial charge in [0.25, 0.3) is 0 Å². The molecule has 1 aromatic carbocycles. The lowest BCUT2D eigenvalue weighted by atomic mass is 9.79. The Bertz CT molecular complexity index is 466. The van der Waals surface area contributed by atoms with Gasteiger partial charge in [-0.2, -0.15) is 0 Å². The van der Waals surface area contributed by atoms with Gasteiger partial charge in [0.05, 0.1) is 6.54 Å². The standard InChI is InChI=1S/C17H25N3O.ClH/c21-16(19-15-7-3-1-4-8-15)13-20-12-11-18-14-17(20)9-5-2-6-10-17;/h1,3-4,7-8,18H,2,5-6,9-14H2,(H,19,21);1H. The van der Waals surface area contributed by atoms with E-state index in [0.717, 1.165) is 25.3 Å². The van der Waals surface area contributed by atoms with Gasteiger partial charge in [0.2, 0.25) is 5.91 Å². The van der Waals surface area contributed by atoms with E-state index >= 15 is 0 Å². The molecule has 5 heteroatoms. The van der Waals surface area contributed by atoms with Crippen molar-refractivity contribution in [2.45, 2.75) is 37.6 Å². The Morgan fingerprint density at radius 2 is 1.91 bits per heavy atom. The molecule has 1 aliphatic carbocycles. The van der Waals surface area contributed by atoms with E-state index in [1.807, 2.05) is 30.3 Å². The number of benzene rings is 1. The topological polar surface area (TPSA) is 44.4 Å². The van der Waals surface area contributed by atoms with Crippen molar-refractivity contribution in [2.24, 2.45) is 0 Å². The molecule has 2 fully saturated rings. The first-order valence-corrected chi connectivity index (χ1v) is 8.09. The Morgan fingerprint density at radius 1 is 1.18 bits per heavy atom. The lowest BCUT2D eigenvalue weighted by Crippen LogP contribution is -2.63. The highest BCUT2D eigenvalue weighted by molar-refractivity contribution is 5.92. The highest BCUT2D eigenvalue weighted by Gasteiger charge is 2.40. The van der Waals surface area contributed by atoms with Gasteiger partial charge < -0.3 is 10.6 Å². The number of anilines is 1. The van der Waals surface area contributed by atoms with Crippen LogP contribution in [0.2, 0.25) is 0 Å². The van der Waals surface area contributed by atoms with Crippen molar-refractivity contribution in [3.05, 3.63) is 30.3 Å². The minimum atomic E-state index is 0. The van der Waals surface area contributed by atoms with E-state index in [-0.39, 0.29) is 23.9 Å². The Labute approximate surface area is 139 Å². The average Bonchev–Trinajstić information content (AvgIpc) is 2.52. The molecule has 1 saturated carbocycles. The van der Waals surface area contributed by atoms with Crippen LogP contribution < -0.4 is 10.6 Å². The summed E-state index contributed by atoms with van der Waals surface area (Å²) in [5, 5.41) is 6.54. The summed E-state index contributed by atoms with van der Waals surface area (Å²) in [6, 6.07) is 9.73. The lowest BCUT2D eigenvalue weighted by molar-refractivity contribution is -0.120. The monoisotopic (exact) mass is 323 g/mol. The van der Waals surface area contributed by atoms with Crippen LogP contribution in [-0.4, -0.2) is 42.5 Å². The number of carbonyl (C=O) groups excluding carboxylic acids is 1. The molecule has 1 aromatic rings. The molecule has 0 atom stereocenters. The SMILES string of the molecule is Cl.O=C(CN1CCNCC12CCCCC2)Nc1ccccc1. The van der Waals surface area contributed by atoms with Gasteiger partial charge >= 0.3 is 0 Å². The average molecular weight is 324 g/mol. The number of rotatable bonds is 3. The summed E-state index contributed by atoms with van der Waals surface area (Å²) in [6.45, 7) is 3.50. The number of para-hydroxylation sites is 1. The number of piperazine rings is 1. The maximum absolute atomic E-state index is 12.3. The first kappa shape index (κ1) is 17.3.